The Morgan fingerprint density at radius 3 is 1.18 bits per heavy atom. The molecular weight excluding hydrogens is 552 g/mol. The van der Waals surface area contributed by atoms with E-state index >= 15 is 0 Å². The van der Waals surface area contributed by atoms with Crippen LogP contribution in [0.25, 0.3) is 0 Å². The molecule has 0 saturated heterocycles. The maximum absolute atomic E-state index is 11.5. The third kappa shape index (κ3) is 12.3. The summed E-state index contributed by atoms with van der Waals surface area (Å²) in [6.45, 7) is 1.37. The van der Waals surface area contributed by atoms with E-state index in [0.717, 1.165) is 56.1 Å². The lowest BCUT2D eigenvalue weighted by Gasteiger charge is -2.15. The fourth-order valence-corrected chi connectivity index (χ4v) is 3.61. The number of benzene rings is 2. The topological polar surface area (TPSA) is 98.7 Å². The predicted molar refractivity (Wildman–Crippen MR) is 143 cm³/mol. The quantitative estimate of drug-likeness (QED) is 0.188. The Balaban J connectivity index is 0.00000512. The van der Waals surface area contributed by atoms with Crippen LogP contribution >= 0.6 is 34.0 Å². The molecule has 2 aromatic rings. The number of hydrogen-bond donors (Lipinski definition) is 4. The molecule has 0 aliphatic rings. The molecule has 8 heteroatoms. The van der Waals surface area contributed by atoms with Gasteiger partial charge < -0.3 is 20.8 Å². The molecule has 2 atom stereocenters. The summed E-state index contributed by atoms with van der Waals surface area (Å²) in [6.07, 6.45) is 7.44. The minimum atomic E-state index is -0.850. The van der Waals surface area contributed by atoms with E-state index in [1.165, 1.54) is 0 Å². The van der Waals surface area contributed by atoms with Gasteiger partial charge in [0.25, 0.3) is 0 Å². The number of carboxylic acids is 2. The lowest BCUT2D eigenvalue weighted by atomic mass is 10.1. The number of rotatable bonds is 16. The van der Waals surface area contributed by atoms with Crippen molar-refractivity contribution in [2.45, 2.75) is 57.0 Å². The Hall–Kier alpha value is -1.74. The van der Waals surface area contributed by atoms with E-state index in [4.69, 9.17) is 0 Å². The Labute approximate surface area is 217 Å². The number of carboxylic acid groups (broad SMARTS) is 2. The Bertz CT molecular complexity index is 713. The zero-order valence-corrected chi connectivity index (χ0v) is 22.2. The van der Waals surface area contributed by atoms with Crippen LogP contribution in [-0.2, 0) is 9.59 Å². The van der Waals surface area contributed by atoms with Crippen LogP contribution in [0.2, 0.25) is 0 Å². The first-order chi connectivity index (χ1) is 15.1. The molecule has 33 heavy (non-hydrogen) atoms. The standard InChI is InChI=1S/C25H34N2O4.2BrH/c28-24(29)22(20-14-8-6-9-15-20)26-18-12-4-2-1-3-5-13-19-27-23(25(30)31)21-16-10-7-11-17-21;;/h6-11,14-17,22-23,26-27H,1-5,12-13,18-19H2,(H,28,29)(H,30,31);2*1H. The third-order valence-corrected chi connectivity index (χ3v) is 5.31. The second kappa shape index (κ2) is 18.7. The molecule has 0 radical (unpaired) electrons. The summed E-state index contributed by atoms with van der Waals surface area (Å²) in [4.78, 5) is 22.9. The SMILES string of the molecule is Br.Br.O=C(O)C(NCCCCCCCCCNC(C(=O)O)c1ccccc1)c1ccccc1. The van der Waals surface area contributed by atoms with Crippen molar-refractivity contribution in [2.24, 2.45) is 0 Å². The highest BCUT2D eigenvalue weighted by Gasteiger charge is 2.18. The van der Waals surface area contributed by atoms with Gasteiger partial charge >= 0.3 is 11.9 Å². The van der Waals surface area contributed by atoms with E-state index in [2.05, 4.69) is 10.6 Å². The number of aliphatic carboxylic acids is 2. The van der Waals surface area contributed by atoms with Crippen LogP contribution < -0.4 is 10.6 Å². The fraction of sp³-hybridized carbons (Fsp3) is 0.440. The second-order valence-corrected chi connectivity index (χ2v) is 7.75. The van der Waals surface area contributed by atoms with Gasteiger partial charge in [0.05, 0.1) is 0 Å². The monoisotopic (exact) mass is 586 g/mol. The van der Waals surface area contributed by atoms with Gasteiger partial charge in [0.2, 0.25) is 0 Å². The van der Waals surface area contributed by atoms with Crippen molar-refractivity contribution in [3.8, 4) is 0 Å². The van der Waals surface area contributed by atoms with E-state index in [-0.39, 0.29) is 34.0 Å². The van der Waals surface area contributed by atoms with Gasteiger partial charge in [-0.3, -0.25) is 9.59 Å². The van der Waals surface area contributed by atoms with E-state index < -0.39 is 24.0 Å². The zero-order valence-electron chi connectivity index (χ0n) is 18.8. The summed E-state index contributed by atoms with van der Waals surface area (Å²) in [6, 6.07) is 17.2. The van der Waals surface area contributed by atoms with Crippen LogP contribution in [0.5, 0.6) is 0 Å². The van der Waals surface area contributed by atoms with Gasteiger partial charge in [0.1, 0.15) is 12.1 Å². The fourth-order valence-electron chi connectivity index (χ4n) is 3.61. The third-order valence-electron chi connectivity index (χ3n) is 5.31. The lowest BCUT2D eigenvalue weighted by Crippen LogP contribution is -2.29. The Morgan fingerprint density at radius 2 is 0.879 bits per heavy atom. The highest BCUT2D eigenvalue weighted by atomic mass is 79.9. The van der Waals surface area contributed by atoms with Crippen molar-refractivity contribution < 1.29 is 19.8 Å². The highest BCUT2D eigenvalue weighted by molar-refractivity contribution is 8.93. The lowest BCUT2D eigenvalue weighted by molar-refractivity contribution is -0.140. The maximum atomic E-state index is 11.5. The summed E-state index contributed by atoms with van der Waals surface area (Å²) in [5.74, 6) is -1.70. The van der Waals surface area contributed by atoms with Crippen LogP contribution in [0, 0.1) is 0 Å². The van der Waals surface area contributed by atoms with Crippen LogP contribution in [-0.4, -0.2) is 35.2 Å². The number of unbranched alkanes of at least 4 members (excludes halogenated alkanes) is 6. The first kappa shape index (κ1) is 31.3. The first-order valence-electron chi connectivity index (χ1n) is 11.1. The molecule has 4 N–H and O–H groups in total. The normalized spacial score (nSPS) is 12.1. The van der Waals surface area contributed by atoms with E-state index in [1.807, 2.05) is 60.7 Å². The molecule has 0 spiro atoms. The van der Waals surface area contributed by atoms with Gasteiger partial charge in [0, 0.05) is 0 Å². The van der Waals surface area contributed by atoms with E-state index in [0.29, 0.717) is 13.1 Å². The molecule has 184 valence electrons. The number of nitrogens with one attached hydrogen (secondary N) is 2. The van der Waals surface area contributed by atoms with Crippen LogP contribution in [0.1, 0.15) is 68.2 Å². The van der Waals surface area contributed by atoms with Crippen LogP contribution in [0.3, 0.4) is 0 Å². The average Bonchev–Trinajstić information content (AvgIpc) is 2.77. The maximum Gasteiger partial charge on any atom is 0.325 e. The Morgan fingerprint density at radius 1 is 0.576 bits per heavy atom. The van der Waals surface area contributed by atoms with Crippen LogP contribution in [0.4, 0.5) is 0 Å². The van der Waals surface area contributed by atoms with Crippen molar-refractivity contribution in [3.05, 3.63) is 71.8 Å². The van der Waals surface area contributed by atoms with E-state index in [1.54, 1.807) is 0 Å². The summed E-state index contributed by atoms with van der Waals surface area (Å²) in [7, 11) is 0. The summed E-state index contributed by atoms with van der Waals surface area (Å²) < 4.78 is 0. The van der Waals surface area contributed by atoms with Gasteiger partial charge in [-0.2, -0.15) is 0 Å². The van der Waals surface area contributed by atoms with Crippen molar-refractivity contribution in [2.75, 3.05) is 13.1 Å². The summed E-state index contributed by atoms with van der Waals surface area (Å²) in [5, 5.41) is 25.1. The van der Waals surface area contributed by atoms with Gasteiger partial charge in [-0.15, -0.1) is 34.0 Å². The molecule has 0 amide bonds. The highest BCUT2D eigenvalue weighted by Crippen LogP contribution is 2.14. The van der Waals surface area contributed by atoms with Gasteiger partial charge in [0.15, 0.2) is 0 Å². The van der Waals surface area contributed by atoms with Gasteiger partial charge in [-0.25, -0.2) is 0 Å². The molecule has 0 aliphatic heterocycles. The molecule has 0 heterocycles. The summed E-state index contributed by atoms with van der Waals surface area (Å²) >= 11 is 0. The van der Waals surface area contributed by atoms with E-state index in [9.17, 15) is 19.8 Å². The van der Waals surface area contributed by atoms with Gasteiger partial charge in [-0.05, 0) is 37.1 Å². The first-order valence-corrected chi connectivity index (χ1v) is 11.1. The zero-order chi connectivity index (χ0) is 22.3. The molecule has 2 aromatic carbocycles. The average molecular weight is 588 g/mol. The molecule has 6 nitrogen and oxygen atoms in total. The minimum absolute atomic E-state index is 0. The molecule has 2 rings (SSSR count). The molecular formula is C25H36Br2N2O4. The van der Waals surface area contributed by atoms with Crippen molar-refractivity contribution in [1.82, 2.24) is 10.6 Å². The Kier molecular flexibility index (Phi) is 17.7. The van der Waals surface area contributed by atoms with Gasteiger partial charge in [-0.1, -0.05) is 92.8 Å². The molecule has 0 aromatic heterocycles. The predicted octanol–water partition coefficient (Wildman–Crippen LogP) is 5.70. The molecule has 0 bridgehead atoms. The molecule has 0 saturated carbocycles. The minimum Gasteiger partial charge on any atom is -0.480 e. The van der Waals surface area contributed by atoms with Crippen molar-refractivity contribution in [1.29, 1.82) is 0 Å². The molecule has 0 aliphatic carbocycles. The number of carbonyl (C=O) groups is 2. The number of hydrogen-bond acceptors (Lipinski definition) is 4. The number of halogens is 2. The van der Waals surface area contributed by atoms with Crippen LogP contribution in [0.15, 0.2) is 60.7 Å². The van der Waals surface area contributed by atoms with Crippen molar-refractivity contribution >= 4 is 45.9 Å². The smallest absolute Gasteiger partial charge is 0.325 e. The second-order valence-electron chi connectivity index (χ2n) is 7.75. The van der Waals surface area contributed by atoms with Crippen molar-refractivity contribution in [3.63, 3.8) is 0 Å². The largest absolute Gasteiger partial charge is 0.480 e. The summed E-state index contributed by atoms with van der Waals surface area (Å²) in [5.41, 5.74) is 1.56. The molecule has 2 unspecified atom stereocenters. The molecule has 0 fully saturated rings.